The summed E-state index contributed by atoms with van der Waals surface area (Å²) in [7, 11) is 0. The van der Waals surface area contributed by atoms with Crippen molar-refractivity contribution in [3.63, 3.8) is 0 Å². The number of hydrogen-bond donors (Lipinski definition) is 2. The summed E-state index contributed by atoms with van der Waals surface area (Å²) in [6.07, 6.45) is 4.00. The van der Waals surface area contributed by atoms with Crippen molar-refractivity contribution in [2.24, 2.45) is 17.6 Å². The van der Waals surface area contributed by atoms with Crippen molar-refractivity contribution in [2.75, 3.05) is 6.54 Å². The lowest BCUT2D eigenvalue weighted by atomic mass is 9.79. The number of carbonyl (C=O) groups excluding carboxylic acids is 1. The predicted octanol–water partition coefficient (Wildman–Crippen LogP) is 2.35. The van der Waals surface area contributed by atoms with Gasteiger partial charge in [0.05, 0.1) is 0 Å². The van der Waals surface area contributed by atoms with E-state index < -0.39 is 11.6 Å². The molecular weight excluding hydrogens is 262 g/mol. The molecule has 2 rings (SSSR count). The zero-order valence-electron chi connectivity index (χ0n) is 11.4. The SMILES string of the molecule is NCC1CCCCC1C(=O)NCc1ccc(F)c(F)c1. The van der Waals surface area contributed by atoms with Gasteiger partial charge in [0.15, 0.2) is 11.6 Å². The van der Waals surface area contributed by atoms with Crippen LogP contribution in [-0.2, 0) is 11.3 Å². The van der Waals surface area contributed by atoms with Crippen molar-refractivity contribution in [2.45, 2.75) is 32.2 Å². The van der Waals surface area contributed by atoms with Gasteiger partial charge in [-0.25, -0.2) is 8.78 Å². The number of carbonyl (C=O) groups is 1. The van der Waals surface area contributed by atoms with E-state index >= 15 is 0 Å². The average molecular weight is 282 g/mol. The topological polar surface area (TPSA) is 55.1 Å². The maximum Gasteiger partial charge on any atom is 0.223 e. The highest BCUT2D eigenvalue weighted by Gasteiger charge is 2.29. The number of rotatable bonds is 4. The smallest absolute Gasteiger partial charge is 0.223 e. The second kappa shape index (κ2) is 6.79. The standard InChI is InChI=1S/C15H20F2N2O/c16-13-6-5-10(7-14(13)17)9-19-15(20)12-4-2-1-3-11(12)8-18/h5-7,11-12H,1-4,8-9,18H2,(H,19,20). The van der Waals surface area contributed by atoms with Crippen molar-refractivity contribution in [1.29, 1.82) is 0 Å². The van der Waals surface area contributed by atoms with Gasteiger partial charge in [-0.05, 0) is 43.0 Å². The van der Waals surface area contributed by atoms with Crippen molar-refractivity contribution < 1.29 is 13.6 Å². The molecule has 2 unspecified atom stereocenters. The minimum absolute atomic E-state index is 0.0371. The molecule has 20 heavy (non-hydrogen) atoms. The fraction of sp³-hybridized carbons (Fsp3) is 0.533. The summed E-state index contributed by atoms with van der Waals surface area (Å²) in [5, 5.41) is 2.80. The van der Waals surface area contributed by atoms with E-state index in [1.165, 1.54) is 6.07 Å². The van der Waals surface area contributed by atoms with E-state index in [-0.39, 0.29) is 24.3 Å². The normalized spacial score (nSPS) is 22.6. The highest BCUT2D eigenvalue weighted by molar-refractivity contribution is 5.79. The zero-order valence-corrected chi connectivity index (χ0v) is 11.4. The molecule has 1 aromatic rings. The predicted molar refractivity (Wildman–Crippen MR) is 72.7 cm³/mol. The monoisotopic (exact) mass is 282 g/mol. The van der Waals surface area contributed by atoms with E-state index in [1.807, 2.05) is 0 Å². The van der Waals surface area contributed by atoms with Gasteiger partial charge in [0.2, 0.25) is 5.91 Å². The Morgan fingerprint density at radius 2 is 2.00 bits per heavy atom. The van der Waals surface area contributed by atoms with E-state index in [9.17, 15) is 13.6 Å². The van der Waals surface area contributed by atoms with Crippen LogP contribution in [0.15, 0.2) is 18.2 Å². The number of nitrogens with two attached hydrogens (primary N) is 1. The molecule has 1 saturated carbocycles. The van der Waals surface area contributed by atoms with E-state index in [2.05, 4.69) is 5.32 Å². The summed E-state index contributed by atoms with van der Waals surface area (Å²) < 4.78 is 25.9. The molecule has 110 valence electrons. The van der Waals surface area contributed by atoms with Gasteiger partial charge in [-0.1, -0.05) is 18.9 Å². The summed E-state index contributed by atoms with van der Waals surface area (Å²) in [4.78, 5) is 12.2. The second-order valence-electron chi connectivity index (χ2n) is 5.35. The number of halogens is 2. The Labute approximate surface area is 117 Å². The highest BCUT2D eigenvalue weighted by atomic mass is 19.2. The summed E-state index contributed by atoms with van der Waals surface area (Å²) >= 11 is 0. The first-order valence-electron chi connectivity index (χ1n) is 7.03. The van der Waals surface area contributed by atoms with Crippen LogP contribution < -0.4 is 11.1 Å². The van der Waals surface area contributed by atoms with Crippen LogP contribution >= 0.6 is 0 Å². The molecule has 0 radical (unpaired) electrons. The van der Waals surface area contributed by atoms with Gasteiger partial charge >= 0.3 is 0 Å². The van der Waals surface area contributed by atoms with Gasteiger partial charge in [0, 0.05) is 12.5 Å². The molecule has 5 heteroatoms. The molecule has 0 aliphatic heterocycles. The van der Waals surface area contributed by atoms with Crippen LogP contribution in [0.5, 0.6) is 0 Å². The maximum absolute atomic E-state index is 13.1. The Hall–Kier alpha value is -1.49. The third-order valence-corrected chi connectivity index (χ3v) is 4.00. The van der Waals surface area contributed by atoms with Gasteiger partial charge in [0.25, 0.3) is 0 Å². The van der Waals surface area contributed by atoms with Crippen molar-refractivity contribution in [3.8, 4) is 0 Å². The summed E-state index contributed by atoms with van der Waals surface area (Å²) in [5.74, 6) is -1.64. The molecule has 3 N–H and O–H groups in total. The molecule has 1 amide bonds. The van der Waals surface area contributed by atoms with Crippen LogP contribution in [0.25, 0.3) is 0 Å². The first-order chi connectivity index (χ1) is 9.61. The van der Waals surface area contributed by atoms with E-state index in [0.717, 1.165) is 37.8 Å². The van der Waals surface area contributed by atoms with Crippen molar-refractivity contribution in [1.82, 2.24) is 5.32 Å². The summed E-state index contributed by atoms with van der Waals surface area (Å²) in [6.45, 7) is 0.729. The Balaban J connectivity index is 1.92. The lowest BCUT2D eigenvalue weighted by molar-refractivity contribution is -0.127. The third-order valence-electron chi connectivity index (χ3n) is 4.00. The van der Waals surface area contributed by atoms with Crippen LogP contribution in [0.4, 0.5) is 8.78 Å². The molecule has 1 aliphatic rings. The molecule has 3 nitrogen and oxygen atoms in total. The van der Waals surface area contributed by atoms with Crippen molar-refractivity contribution >= 4 is 5.91 Å². The van der Waals surface area contributed by atoms with Crippen LogP contribution in [0, 0.1) is 23.5 Å². The maximum atomic E-state index is 13.1. The summed E-state index contributed by atoms with van der Waals surface area (Å²) in [6, 6.07) is 3.65. The Bertz CT molecular complexity index is 479. The molecule has 1 aromatic carbocycles. The molecule has 0 spiro atoms. The first kappa shape index (κ1) is 14.9. The molecule has 0 heterocycles. The number of hydrogen-bond acceptors (Lipinski definition) is 2. The lowest BCUT2D eigenvalue weighted by Gasteiger charge is -2.29. The van der Waals surface area contributed by atoms with Gasteiger partial charge in [-0.3, -0.25) is 4.79 Å². The second-order valence-corrected chi connectivity index (χ2v) is 5.35. The molecule has 1 fully saturated rings. The van der Waals surface area contributed by atoms with Crippen LogP contribution in [-0.4, -0.2) is 12.5 Å². The summed E-state index contributed by atoms with van der Waals surface area (Å²) in [5.41, 5.74) is 6.26. The highest BCUT2D eigenvalue weighted by Crippen LogP contribution is 2.29. The number of amides is 1. The van der Waals surface area contributed by atoms with Gasteiger partial charge in [0.1, 0.15) is 0 Å². The molecule has 0 bridgehead atoms. The van der Waals surface area contributed by atoms with Crippen LogP contribution in [0.2, 0.25) is 0 Å². The zero-order chi connectivity index (χ0) is 14.5. The van der Waals surface area contributed by atoms with E-state index in [0.29, 0.717) is 12.1 Å². The molecule has 0 saturated heterocycles. The van der Waals surface area contributed by atoms with Crippen LogP contribution in [0.1, 0.15) is 31.2 Å². The van der Waals surface area contributed by atoms with Crippen LogP contribution in [0.3, 0.4) is 0 Å². The fourth-order valence-electron chi connectivity index (χ4n) is 2.80. The third kappa shape index (κ3) is 3.54. The molecule has 0 aromatic heterocycles. The quantitative estimate of drug-likeness (QED) is 0.890. The average Bonchev–Trinajstić information content (AvgIpc) is 2.48. The number of nitrogens with one attached hydrogen (secondary N) is 1. The molecule has 2 atom stereocenters. The first-order valence-corrected chi connectivity index (χ1v) is 7.03. The van der Waals surface area contributed by atoms with E-state index in [1.54, 1.807) is 0 Å². The Morgan fingerprint density at radius 1 is 1.25 bits per heavy atom. The number of benzene rings is 1. The van der Waals surface area contributed by atoms with Gasteiger partial charge < -0.3 is 11.1 Å². The largest absolute Gasteiger partial charge is 0.352 e. The lowest BCUT2D eigenvalue weighted by Crippen LogP contribution is -2.39. The van der Waals surface area contributed by atoms with E-state index in [4.69, 9.17) is 5.73 Å². The van der Waals surface area contributed by atoms with Gasteiger partial charge in [-0.2, -0.15) is 0 Å². The Morgan fingerprint density at radius 3 is 2.70 bits per heavy atom. The molecular formula is C15H20F2N2O. The minimum Gasteiger partial charge on any atom is -0.352 e. The Kier molecular flexibility index (Phi) is 5.06. The fourth-order valence-corrected chi connectivity index (χ4v) is 2.80. The molecule has 1 aliphatic carbocycles. The van der Waals surface area contributed by atoms with Gasteiger partial charge in [-0.15, -0.1) is 0 Å². The minimum atomic E-state index is -0.894. The van der Waals surface area contributed by atoms with Crippen molar-refractivity contribution in [3.05, 3.63) is 35.4 Å².